The Bertz CT molecular complexity index is 1630. The fourth-order valence-electron chi connectivity index (χ4n) is 3.49. The van der Waals surface area contributed by atoms with E-state index in [1.54, 1.807) is 26.0 Å². The van der Waals surface area contributed by atoms with Gasteiger partial charge in [0.05, 0.1) is 9.37 Å². The first kappa shape index (κ1) is 27.9. The van der Waals surface area contributed by atoms with Gasteiger partial charge in [0, 0.05) is 21.5 Å². The maximum Gasteiger partial charge on any atom is 0.264 e. The van der Waals surface area contributed by atoms with E-state index in [0.717, 1.165) is 19.7 Å². The van der Waals surface area contributed by atoms with Crippen LogP contribution in [0.15, 0.2) is 74.5 Å². The summed E-state index contributed by atoms with van der Waals surface area (Å²) >= 11 is 12.2. The summed E-state index contributed by atoms with van der Waals surface area (Å²) in [5, 5.41) is 7.39. The Morgan fingerprint density at radius 3 is 2.34 bits per heavy atom. The van der Waals surface area contributed by atoms with Crippen LogP contribution in [0.5, 0.6) is 5.75 Å². The van der Waals surface area contributed by atoms with Crippen LogP contribution in [-0.2, 0) is 14.8 Å². The van der Waals surface area contributed by atoms with Gasteiger partial charge in [0.25, 0.3) is 15.9 Å². The van der Waals surface area contributed by atoms with Crippen LogP contribution in [0.4, 0.5) is 11.6 Å². The highest BCUT2D eigenvalue weighted by molar-refractivity contribution is 9.11. The Morgan fingerprint density at radius 2 is 1.66 bits per heavy atom. The van der Waals surface area contributed by atoms with Crippen molar-refractivity contribution in [1.29, 1.82) is 0 Å². The summed E-state index contributed by atoms with van der Waals surface area (Å²) in [6, 6.07) is 17.1. The van der Waals surface area contributed by atoms with E-state index < -0.39 is 15.9 Å². The highest BCUT2D eigenvalue weighted by atomic mass is 79.9. The lowest BCUT2D eigenvalue weighted by Crippen LogP contribution is -2.37. The molecular weight excluding hydrogens is 658 g/mol. The number of nitrogens with one attached hydrogen (secondary N) is 3. The molecule has 0 aliphatic carbocycles. The van der Waals surface area contributed by atoms with E-state index in [2.05, 4.69) is 57.2 Å². The molecule has 1 aromatic heterocycles. The molecule has 13 heteroatoms. The summed E-state index contributed by atoms with van der Waals surface area (Å²) in [5.41, 5.74) is 1.78. The first-order chi connectivity index (χ1) is 18.0. The molecule has 0 spiro atoms. The molecule has 0 aliphatic heterocycles. The summed E-state index contributed by atoms with van der Waals surface area (Å²) in [5.74, 6) is 0.0623. The number of carbonyl (C=O) groups is 1. The smallest absolute Gasteiger partial charge is 0.264 e. The van der Waals surface area contributed by atoms with E-state index in [0.29, 0.717) is 22.8 Å². The van der Waals surface area contributed by atoms with E-state index in [9.17, 15) is 13.2 Å². The van der Waals surface area contributed by atoms with Gasteiger partial charge < -0.3 is 10.1 Å². The lowest BCUT2D eigenvalue weighted by atomic mass is 10.1. The number of fused-ring (bicyclic) bond motifs is 1. The molecule has 4 rings (SSSR count). The number of carbonyl (C=O) groups excluding carboxylic acids is 1. The minimum Gasteiger partial charge on any atom is -0.483 e. The lowest BCUT2D eigenvalue weighted by Gasteiger charge is -2.13. The molecule has 0 aliphatic rings. The maximum absolute atomic E-state index is 12.7. The molecule has 1 amide bonds. The van der Waals surface area contributed by atoms with Crippen molar-refractivity contribution in [2.75, 3.05) is 16.6 Å². The first-order valence-corrected chi connectivity index (χ1v) is 14.5. The number of aromatic nitrogens is 2. The Balaban J connectivity index is 1.32. The largest absolute Gasteiger partial charge is 0.483 e. The molecule has 196 valence electrons. The van der Waals surface area contributed by atoms with Gasteiger partial charge in [-0.2, -0.15) is 0 Å². The lowest BCUT2D eigenvalue weighted by molar-refractivity contribution is -0.121. The first-order valence-electron chi connectivity index (χ1n) is 11.1. The van der Waals surface area contributed by atoms with Crippen molar-refractivity contribution >= 4 is 87.5 Å². The third-order valence-corrected chi connectivity index (χ3v) is 7.98. The number of benzene rings is 3. The van der Waals surface area contributed by atoms with Gasteiger partial charge in [-0.1, -0.05) is 28.1 Å². The fourth-order valence-corrected chi connectivity index (χ4v) is 5.65. The molecule has 0 fully saturated rings. The van der Waals surface area contributed by atoms with Gasteiger partial charge in [-0.3, -0.25) is 10.1 Å². The van der Waals surface area contributed by atoms with Crippen LogP contribution in [0.3, 0.4) is 0 Å². The molecule has 0 saturated carbocycles. The van der Waals surface area contributed by atoms with Gasteiger partial charge in [0.1, 0.15) is 5.75 Å². The highest BCUT2D eigenvalue weighted by Crippen LogP contribution is 2.34. The van der Waals surface area contributed by atoms with E-state index >= 15 is 0 Å². The number of amides is 1. The van der Waals surface area contributed by atoms with Crippen molar-refractivity contribution in [2.24, 2.45) is 0 Å². The predicted molar refractivity (Wildman–Crippen MR) is 158 cm³/mol. The molecule has 3 aromatic carbocycles. The Labute approximate surface area is 241 Å². The number of hydrogen-bond acceptors (Lipinski definition) is 7. The summed E-state index contributed by atoms with van der Waals surface area (Å²) in [6.45, 7) is 3.25. The quantitative estimate of drug-likeness (QED) is 0.220. The normalized spacial score (nSPS) is 11.2. The third-order valence-electron chi connectivity index (χ3n) is 5.12. The predicted octanol–water partition coefficient (Wildman–Crippen LogP) is 5.46. The molecule has 4 aromatic rings. The molecule has 0 saturated heterocycles. The number of ether oxygens (including phenoxy) is 1. The Kier molecular flexibility index (Phi) is 8.61. The van der Waals surface area contributed by atoms with Crippen LogP contribution in [0, 0.1) is 13.8 Å². The number of nitrogens with zero attached hydrogens (tertiary/aromatic N) is 2. The van der Waals surface area contributed by atoms with E-state index in [4.69, 9.17) is 17.0 Å². The average Bonchev–Trinajstić information content (AvgIpc) is 2.83. The second-order valence-electron chi connectivity index (χ2n) is 8.14. The van der Waals surface area contributed by atoms with Gasteiger partial charge >= 0.3 is 0 Å². The maximum atomic E-state index is 12.7. The average molecular weight is 679 g/mol. The van der Waals surface area contributed by atoms with Crippen molar-refractivity contribution in [3.8, 4) is 5.75 Å². The molecule has 1 heterocycles. The number of thiocarbonyl (C=S) groups is 1. The molecule has 0 unspecified atom stereocenters. The summed E-state index contributed by atoms with van der Waals surface area (Å²) in [6.07, 6.45) is 0. The SMILES string of the molecule is Cc1cc(C)nc(NS(=O)(=O)c2ccc(NC(=S)NC(=O)COc3ccc4cc(Br)ccc4c3Br)cc2)n1. The van der Waals surface area contributed by atoms with Crippen molar-refractivity contribution in [1.82, 2.24) is 15.3 Å². The van der Waals surface area contributed by atoms with Crippen molar-refractivity contribution in [3.63, 3.8) is 0 Å². The minimum atomic E-state index is -3.89. The molecule has 0 bridgehead atoms. The van der Waals surface area contributed by atoms with Gasteiger partial charge in [0.15, 0.2) is 11.7 Å². The zero-order chi connectivity index (χ0) is 27.4. The van der Waals surface area contributed by atoms with Crippen LogP contribution in [-0.4, -0.2) is 36.0 Å². The van der Waals surface area contributed by atoms with Gasteiger partial charge in [-0.25, -0.2) is 23.1 Å². The zero-order valence-corrected chi connectivity index (χ0v) is 24.9. The molecule has 9 nitrogen and oxygen atoms in total. The van der Waals surface area contributed by atoms with Gasteiger partial charge in [-0.05, 0) is 101 Å². The molecule has 38 heavy (non-hydrogen) atoms. The van der Waals surface area contributed by atoms with E-state index in [-0.39, 0.29) is 22.6 Å². The number of hydrogen-bond donors (Lipinski definition) is 3. The van der Waals surface area contributed by atoms with Crippen molar-refractivity contribution in [3.05, 3.63) is 81.0 Å². The number of sulfonamides is 1. The third kappa shape index (κ3) is 7.04. The second kappa shape index (κ2) is 11.7. The monoisotopic (exact) mass is 677 g/mol. The number of aryl methyl sites for hydroxylation is 2. The Morgan fingerprint density at radius 1 is 0.974 bits per heavy atom. The van der Waals surface area contributed by atoms with Gasteiger partial charge in [-0.15, -0.1) is 0 Å². The van der Waals surface area contributed by atoms with E-state index in [1.165, 1.54) is 24.3 Å². The zero-order valence-electron chi connectivity index (χ0n) is 20.1. The molecule has 0 atom stereocenters. The summed E-state index contributed by atoms with van der Waals surface area (Å²) < 4.78 is 35.1. The summed E-state index contributed by atoms with van der Waals surface area (Å²) in [4.78, 5) is 20.6. The standard InChI is InChI=1S/C25H21Br2N5O4S2/c1-14-11-15(2)29-24(28-14)32-38(34,35)19-7-5-18(6-8-19)30-25(37)31-22(33)13-36-21-10-3-16-12-17(26)4-9-20(16)23(21)27/h3-12H,13H2,1-2H3,(H,28,29,32)(H2,30,31,33,37). The second-order valence-corrected chi connectivity index (χ2v) is 11.9. The highest BCUT2D eigenvalue weighted by Gasteiger charge is 2.16. The van der Waals surface area contributed by atoms with Crippen LogP contribution in [0.1, 0.15) is 11.4 Å². The van der Waals surface area contributed by atoms with Crippen LogP contribution in [0.25, 0.3) is 10.8 Å². The fraction of sp³-hybridized carbons (Fsp3) is 0.120. The van der Waals surface area contributed by atoms with Gasteiger partial charge in [0.2, 0.25) is 5.95 Å². The molecule has 3 N–H and O–H groups in total. The Hall–Kier alpha value is -3.13. The van der Waals surface area contributed by atoms with Crippen LogP contribution >= 0.6 is 44.1 Å². The number of halogens is 2. The molecular formula is C25H21Br2N5O4S2. The van der Waals surface area contributed by atoms with Crippen molar-refractivity contribution < 1.29 is 17.9 Å². The summed E-state index contributed by atoms with van der Waals surface area (Å²) in [7, 11) is -3.89. The van der Waals surface area contributed by atoms with Crippen LogP contribution in [0.2, 0.25) is 0 Å². The van der Waals surface area contributed by atoms with Crippen LogP contribution < -0.4 is 20.1 Å². The van der Waals surface area contributed by atoms with E-state index in [1.807, 2.05) is 24.3 Å². The number of anilines is 2. The minimum absolute atomic E-state index is 0.000368. The number of rotatable bonds is 7. The topological polar surface area (TPSA) is 122 Å². The van der Waals surface area contributed by atoms with Crippen molar-refractivity contribution in [2.45, 2.75) is 18.7 Å². The molecule has 0 radical (unpaired) electrons.